The smallest absolute Gasteiger partial charge is 0.244 e. The standard InChI is InChI=1S/C17H16F3N3O3S2/c18-12-4-5-13(17(20)16(12)19)22-14(24)10-27-15-6-3-11(9-21-15)28(25,26)23-7-1-2-8-23/h3-6,9H,1-2,7-8,10H2,(H,22,24). The Morgan fingerprint density at radius 2 is 1.82 bits per heavy atom. The monoisotopic (exact) mass is 431 g/mol. The first-order valence-corrected chi connectivity index (χ1v) is 10.7. The predicted molar refractivity (Wildman–Crippen MR) is 97.9 cm³/mol. The third kappa shape index (κ3) is 4.47. The highest BCUT2D eigenvalue weighted by Crippen LogP contribution is 2.23. The van der Waals surface area contributed by atoms with Gasteiger partial charge in [-0.1, -0.05) is 11.8 Å². The number of anilines is 1. The van der Waals surface area contributed by atoms with Crippen LogP contribution in [0.2, 0.25) is 0 Å². The van der Waals surface area contributed by atoms with Gasteiger partial charge in [-0.25, -0.2) is 26.6 Å². The van der Waals surface area contributed by atoms with E-state index in [0.717, 1.165) is 30.7 Å². The van der Waals surface area contributed by atoms with Crippen LogP contribution in [-0.4, -0.2) is 42.5 Å². The lowest BCUT2D eigenvalue weighted by Crippen LogP contribution is -2.27. The lowest BCUT2D eigenvalue weighted by molar-refractivity contribution is -0.113. The normalized spacial score (nSPS) is 15.0. The van der Waals surface area contributed by atoms with Crippen molar-refractivity contribution in [1.29, 1.82) is 0 Å². The number of carbonyl (C=O) groups excluding carboxylic acids is 1. The van der Waals surface area contributed by atoms with Crippen molar-refractivity contribution in [1.82, 2.24) is 9.29 Å². The summed E-state index contributed by atoms with van der Waals surface area (Å²) in [4.78, 5) is 16.0. The summed E-state index contributed by atoms with van der Waals surface area (Å²) in [6.45, 7) is 0.971. The molecule has 0 bridgehead atoms. The van der Waals surface area contributed by atoms with E-state index in [1.54, 1.807) is 0 Å². The maximum atomic E-state index is 13.6. The molecule has 2 aromatic rings. The summed E-state index contributed by atoms with van der Waals surface area (Å²) in [6, 6.07) is 4.52. The fraction of sp³-hybridized carbons (Fsp3) is 0.294. The Hall–Kier alpha value is -2.11. The van der Waals surface area contributed by atoms with Gasteiger partial charge >= 0.3 is 0 Å². The van der Waals surface area contributed by atoms with Gasteiger partial charge in [0.1, 0.15) is 4.90 Å². The molecule has 0 spiro atoms. The van der Waals surface area contributed by atoms with Crippen LogP contribution in [0.1, 0.15) is 12.8 Å². The number of nitrogens with zero attached hydrogens (tertiary/aromatic N) is 2. The lowest BCUT2D eigenvalue weighted by Gasteiger charge is -2.15. The van der Waals surface area contributed by atoms with Crippen molar-refractivity contribution in [2.45, 2.75) is 22.8 Å². The number of pyridine rings is 1. The second kappa shape index (κ2) is 8.50. The van der Waals surface area contributed by atoms with Gasteiger partial charge in [0, 0.05) is 19.3 Å². The minimum atomic E-state index is -3.57. The number of amides is 1. The minimum absolute atomic E-state index is 0.0760. The summed E-state index contributed by atoms with van der Waals surface area (Å²) < 4.78 is 65.9. The fourth-order valence-corrected chi connectivity index (χ4v) is 4.74. The van der Waals surface area contributed by atoms with Crippen molar-refractivity contribution in [3.05, 3.63) is 47.9 Å². The molecule has 1 aliphatic heterocycles. The molecular weight excluding hydrogens is 415 g/mol. The van der Waals surface area contributed by atoms with Gasteiger partial charge in [0.15, 0.2) is 17.5 Å². The van der Waals surface area contributed by atoms with Crippen LogP contribution < -0.4 is 5.32 Å². The molecule has 28 heavy (non-hydrogen) atoms. The molecule has 1 N–H and O–H groups in total. The summed E-state index contributed by atoms with van der Waals surface area (Å²) in [5.41, 5.74) is -0.468. The zero-order valence-corrected chi connectivity index (χ0v) is 16.1. The van der Waals surface area contributed by atoms with Crippen LogP contribution in [0.4, 0.5) is 18.9 Å². The van der Waals surface area contributed by atoms with Gasteiger partial charge in [-0.15, -0.1) is 0 Å². The van der Waals surface area contributed by atoms with Crippen molar-refractivity contribution in [2.75, 3.05) is 24.2 Å². The average Bonchev–Trinajstić information content (AvgIpc) is 3.23. The van der Waals surface area contributed by atoms with Gasteiger partial charge in [0.25, 0.3) is 0 Å². The largest absolute Gasteiger partial charge is 0.323 e. The van der Waals surface area contributed by atoms with E-state index >= 15 is 0 Å². The minimum Gasteiger partial charge on any atom is -0.323 e. The first-order valence-electron chi connectivity index (χ1n) is 8.31. The molecule has 1 aromatic heterocycles. The number of halogens is 3. The average molecular weight is 431 g/mol. The van der Waals surface area contributed by atoms with Gasteiger partial charge in [-0.3, -0.25) is 4.79 Å². The third-order valence-corrected chi connectivity index (χ3v) is 6.90. The molecule has 11 heteroatoms. The van der Waals surface area contributed by atoms with E-state index in [2.05, 4.69) is 10.3 Å². The Morgan fingerprint density at radius 1 is 1.11 bits per heavy atom. The Morgan fingerprint density at radius 3 is 2.46 bits per heavy atom. The first kappa shape index (κ1) is 20.6. The van der Waals surface area contributed by atoms with Gasteiger partial charge in [-0.05, 0) is 37.1 Å². The number of nitrogens with one attached hydrogen (secondary N) is 1. The third-order valence-electron chi connectivity index (χ3n) is 4.07. The summed E-state index contributed by atoms with van der Waals surface area (Å²) in [5, 5.41) is 2.54. The first-order chi connectivity index (χ1) is 13.3. The summed E-state index contributed by atoms with van der Waals surface area (Å²) >= 11 is 0.991. The molecule has 0 atom stereocenters. The molecule has 1 aromatic carbocycles. The van der Waals surface area contributed by atoms with Crippen molar-refractivity contribution in [2.24, 2.45) is 0 Å². The van der Waals surface area contributed by atoms with E-state index in [1.165, 1.54) is 22.6 Å². The maximum Gasteiger partial charge on any atom is 0.244 e. The van der Waals surface area contributed by atoms with Crippen molar-refractivity contribution in [3.63, 3.8) is 0 Å². The summed E-state index contributed by atoms with van der Waals surface area (Å²) in [5.74, 6) is -5.32. The molecule has 0 aliphatic carbocycles. The van der Waals surface area contributed by atoms with E-state index in [1.807, 2.05) is 0 Å². The molecule has 1 amide bonds. The van der Waals surface area contributed by atoms with Crippen molar-refractivity contribution < 1.29 is 26.4 Å². The molecule has 2 heterocycles. The van der Waals surface area contributed by atoms with Gasteiger partial charge in [0.2, 0.25) is 15.9 Å². The van der Waals surface area contributed by atoms with Crippen LogP contribution in [0.15, 0.2) is 40.4 Å². The quantitative estimate of drug-likeness (QED) is 0.562. The number of thioether (sulfide) groups is 1. The molecule has 0 radical (unpaired) electrons. The topological polar surface area (TPSA) is 79.4 Å². The zero-order valence-electron chi connectivity index (χ0n) is 14.5. The SMILES string of the molecule is O=C(CSc1ccc(S(=O)(=O)N2CCCC2)cn1)Nc1ccc(F)c(F)c1F. The van der Waals surface area contributed by atoms with E-state index in [0.29, 0.717) is 24.2 Å². The number of sulfonamides is 1. The maximum absolute atomic E-state index is 13.6. The number of benzene rings is 1. The predicted octanol–water partition coefficient (Wildman–Crippen LogP) is 3.01. The number of carbonyl (C=O) groups is 1. The molecule has 3 rings (SSSR count). The molecule has 1 saturated heterocycles. The zero-order chi connectivity index (χ0) is 20.3. The molecule has 1 aliphatic rings. The molecule has 0 saturated carbocycles. The Balaban J connectivity index is 1.59. The number of hydrogen-bond acceptors (Lipinski definition) is 5. The van der Waals surface area contributed by atoms with Crippen LogP contribution in [0, 0.1) is 17.5 Å². The van der Waals surface area contributed by atoms with Crippen molar-refractivity contribution >= 4 is 33.4 Å². The molecule has 6 nitrogen and oxygen atoms in total. The van der Waals surface area contributed by atoms with Crippen LogP contribution in [0.5, 0.6) is 0 Å². The molecular formula is C17H16F3N3O3S2. The van der Waals surface area contributed by atoms with E-state index in [9.17, 15) is 26.4 Å². The van der Waals surface area contributed by atoms with E-state index < -0.39 is 39.1 Å². The molecule has 0 unspecified atom stereocenters. The highest BCUT2D eigenvalue weighted by molar-refractivity contribution is 7.99. The van der Waals surface area contributed by atoms with Crippen LogP contribution in [-0.2, 0) is 14.8 Å². The summed E-state index contributed by atoms with van der Waals surface area (Å²) in [7, 11) is -3.57. The van der Waals surface area contributed by atoms with Crippen LogP contribution >= 0.6 is 11.8 Å². The van der Waals surface area contributed by atoms with Gasteiger partial charge < -0.3 is 5.32 Å². The lowest BCUT2D eigenvalue weighted by atomic mass is 10.3. The van der Waals surface area contributed by atoms with Gasteiger partial charge in [-0.2, -0.15) is 4.31 Å². The molecule has 1 fully saturated rings. The highest BCUT2D eigenvalue weighted by Gasteiger charge is 2.27. The Labute approximate surface area is 164 Å². The van der Waals surface area contributed by atoms with E-state index in [-0.39, 0.29) is 10.6 Å². The van der Waals surface area contributed by atoms with Crippen molar-refractivity contribution in [3.8, 4) is 0 Å². The Bertz CT molecular complexity index is 979. The molecule has 150 valence electrons. The second-order valence-electron chi connectivity index (χ2n) is 6.00. The summed E-state index contributed by atoms with van der Waals surface area (Å²) in [6.07, 6.45) is 2.88. The number of aromatic nitrogens is 1. The fourth-order valence-electron chi connectivity index (χ4n) is 2.63. The van der Waals surface area contributed by atoms with Crippen LogP contribution in [0.25, 0.3) is 0 Å². The number of rotatable bonds is 6. The van der Waals surface area contributed by atoms with Gasteiger partial charge in [0.05, 0.1) is 16.5 Å². The van der Waals surface area contributed by atoms with Crippen LogP contribution in [0.3, 0.4) is 0 Å². The second-order valence-corrected chi connectivity index (χ2v) is 8.94. The number of hydrogen-bond donors (Lipinski definition) is 1. The van der Waals surface area contributed by atoms with E-state index in [4.69, 9.17) is 0 Å². The Kier molecular flexibility index (Phi) is 6.26. The highest BCUT2D eigenvalue weighted by atomic mass is 32.2.